The summed E-state index contributed by atoms with van der Waals surface area (Å²) in [7, 11) is -3.48. The summed E-state index contributed by atoms with van der Waals surface area (Å²) in [5.41, 5.74) is 0. The number of ether oxygens (including phenoxy) is 1. The van der Waals surface area contributed by atoms with Crippen molar-refractivity contribution in [1.29, 1.82) is 0 Å². The van der Waals surface area contributed by atoms with Gasteiger partial charge in [0.1, 0.15) is 0 Å². The number of phosphoric ester groups is 1. The van der Waals surface area contributed by atoms with E-state index in [9.17, 15) is 4.57 Å². The van der Waals surface area contributed by atoms with Crippen molar-refractivity contribution in [2.45, 2.75) is 111 Å². The average Bonchev–Trinajstić information content (AvgIpc) is 2.69. The van der Waals surface area contributed by atoms with Crippen LogP contribution >= 0.6 is 7.82 Å². The molecule has 0 aromatic heterocycles. The highest BCUT2D eigenvalue weighted by atomic mass is 31.2. The van der Waals surface area contributed by atoms with Gasteiger partial charge in [0, 0.05) is 6.61 Å². The highest BCUT2D eigenvalue weighted by molar-refractivity contribution is 7.48. The zero-order valence-electron chi connectivity index (χ0n) is 18.9. The Morgan fingerprint density at radius 3 is 1.39 bits per heavy atom. The molecule has 6 heteroatoms. The average molecular weight is 423 g/mol. The van der Waals surface area contributed by atoms with Crippen molar-refractivity contribution in [3.05, 3.63) is 0 Å². The van der Waals surface area contributed by atoms with E-state index < -0.39 is 7.82 Å². The minimum absolute atomic E-state index is 0.244. The van der Waals surface area contributed by atoms with E-state index in [1.165, 1.54) is 51.4 Å². The van der Waals surface area contributed by atoms with Crippen LogP contribution in [-0.4, -0.2) is 33.0 Å². The maximum Gasteiger partial charge on any atom is 0.474 e. The summed E-state index contributed by atoms with van der Waals surface area (Å²) in [6, 6.07) is 0. The fraction of sp³-hybridized carbons (Fsp3) is 1.00. The van der Waals surface area contributed by atoms with Crippen LogP contribution in [0.4, 0.5) is 0 Å². The van der Waals surface area contributed by atoms with E-state index in [1.807, 2.05) is 0 Å². The van der Waals surface area contributed by atoms with Gasteiger partial charge < -0.3 is 4.74 Å². The Kier molecular flexibility index (Phi) is 21.8. The highest BCUT2D eigenvalue weighted by Gasteiger charge is 2.26. The standard InChI is InChI=1S/C22H47O5P/c1-4-7-10-12-14-16-19-25-28(23,27-22-21-24-18-9-6-3)26-20-17-15-13-11-8-5-2/h4-22H2,1-3H3. The molecule has 0 aliphatic carbocycles. The number of hydrogen-bond acceptors (Lipinski definition) is 5. The van der Waals surface area contributed by atoms with Crippen LogP contribution in [0.15, 0.2) is 0 Å². The third kappa shape index (κ3) is 19.4. The Hall–Kier alpha value is 0.0700. The maximum atomic E-state index is 12.9. The van der Waals surface area contributed by atoms with Crippen LogP contribution in [0.1, 0.15) is 111 Å². The molecule has 0 amide bonds. The smallest absolute Gasteiger partial charge is 0.379 e. The zero-order valence-corrected chi connectivity index (χ0v) is 19.8. The molecular weight excluding hydrogens is 375 g/mol. The molecule has 0 heterocycles. The third-order valence-electron chi connectivity index (χ3n) is 4.61. The topological polar surface area (TPSA) is 54.0 Å². The second-order valence-corrected chi connectivity index (χ2v) is 9.12. The minimum Gasteiger partial charge on any atom is -0.379 e. The SMILES string of the molecule is CCCCCCCCOP(=O)(OCCCCCCCC)OCCOCCCC. The van der Waals surface area contributed by atoms with E-state index in [0.717, 1.165) is 38.5 Å². The Labute approximate surface area is 174 Å². The maximum absolute atomic E-state index is 12.9. The van der Waals surface area contributed by atoms with Gasteiger partial charge in [0.15, 0.2) is 0 Å². The summed E-state index contributed by atoms with van der Waals surface area (Å²) in [6.45, 7) is 8.78. The van der Waals surface area contributed by atoms with Gasteiger partial charge in [-0.15, -0.1) is 0 Å². The first-order valence-electron chi connectivity index (χ1n) is 11.8. The van der Waals surface area contributed by atoms with E-state index in [2.05, 4.69) is 20.8 Å². The van der Waals surface area contributed by atoms with E-state index >= 15 is 0 Å². The first-order valence-corrected chi connectivity index (χ1v) is 13.3. The van der Waals surface area contributed by atoms with Crippen molar-refractivity contribution in [2.75, 3.05) is 33.0 Å². The van der Waals surface area contributed by atoms with Crippen molar-refractivity contribution in [2.24, 2.45) is 0 Å². The summed E-state index contributed by atoms with van der Waals surface area (Å²) in [6.07, 6.45) is 16.1. The van der Waals surface area contributed by atoms with Crippen LogP contribution in [0, 0.1) is 0 Å². The molecule has 0 N–H and O–H groups in total. The molecule has 0 aromatic rings. The first-order chi connectivity index (χ1) is 13.7. The normalized spacial score (nSPS) is 12.0. The molecule has 0 saturated carbocycles. The van der Waals surface area contributed by atoms with E-state index in [0.29, 0.717) is 26.4 Å². The molecule has 28 heavy (non-hydrogen) atoms. The quantitative estimate of drug-likeness (QED) is 0.125. The molecule has 0 aliphatic heterocycles. The van der Waals surface area contributed by atoms with Gasteiger partial charge in [0.2, 0.25) is 0 Å². The molecular formula is C22H47O5P. The van der Waals surface area contributed by atoms with Gasteiger partial charge in [-0.1, -0.05) is 91.4 Å². The second-order valence-electron chi connectivity index (χ2n) is 7.45. The lowest BCUT2D eigenvalue weighted by atomic mass is 10.1. The Morgan fingerprint density at radius 2 is 0.893 bits per heavy atom. The van der Waals surface area contributed by atoms with Crippen molar-refractivity contribution in [1.82, 2.24) is 0 Å². The van der Waals surface area contributed by atoms with Crippen LogP contribution in [0.25, 0.3) is 0 Å². The van der Waals surface area contributed by atoms with Gasteiger partial charge in [-0.3, -0.25) is 13.6 Å². The Bertz CT molecular complexity index is 330. The van der Waals surface area contributed by atoms with E-state index in [-0.39, 0.29) is 6.61 Å². The van der Waals surface area contributed by atoms with Gasteiger partial charge in [0.05, 0.1) is 26.4 Å². The van der Waals surface area contributed by atoms with Crippen molar-refractivity contribution < 1.29 is 22.9 Å². The molecule has 0 unspecified atom stereocenters. The molecule has 5 nitrogen and oxygen atoms in total. The van der Waals surface area contributed by atoms with Gasteiger partial charge in [-0.25, -0.2) is 4.57 Å². The molecule has 0 rings (SSSR count). The lowest BCUT2D eigenvalue weighted by molar-refractivity contribution is 0.0627. The predicted molar refractivity (Wildman–Crippen MR) is 118 cm³/mol. The van der Waals surface area contributed by atoms with E-state index in [4.69, 9.17) is 18.3 Å². The molecule has 0 radical (unpaired) electrons. The third-order valence-corrected chi connectivity index (χ3v) is 6.11. The van der Waals surface area contributed by atoms with Crippen LogP contribution < -0.4 is 0 Å². The van der Waals surface area contributed by atoms with Crippen LogP contribution in [0.3, 0.4) is 0 Å². The van der Waals surface area contributed by atoms with Gasteiger partial charge in [-0.2, -0.15) is 0 Å². The molecule has 0 bridgehead atoms. The Balaban J connectivity index is 4.04. The summed E-state index contributed by atoms with van der Waals surface area (Å²) in [5, 5.41) is 0. The van der Waals surface area contributed by atoms with Gasteiger partial charge in [0.25, 0.3) is 0 Å². The lowest BCUT2D eigenvalue weighted by Gasteiger charge is -2.18. The summed E-state index contributed by atoms with van der Waals surface area (Å²) in [5.74, 6) is 0. The molecule has 170 valence electrons. The lowest BCUT2D eigenvalue weighted by Crippen LogP contribution is -2.08. The molecule has 0 saturated heterocycles. The Morgan fingerprint density at radius 1 is 0.464 bits per heavy atom. The predicted octanol–water partition coefficient (Wildman–Crippen LogP) is 7.68. The fourth-order valence-electron chi connectivity index (χ4n) is 2.79. The largest absolute Gasteiger partial charge is 0.474 e. The summed E-state index contributed by atoms with van der Waals surface area (Å²) in [4.78, 5) is 0. The van der Waals surface area contributed by atoms with Gasteiger partial charge >= 0.3 is 7.82 Å². The zero-order chi connectivity index (χ0) is 20.8. The number of hydrogen-bond donors (Lipinski definition) is 0. The monoisotopic (exact) mass is 422 g/mol. The molecule has 0 atom stereocenters. The molecule has 0 spiro atoms. The van der Waals surface area contributed by atoms with E-state index in [1.54, 1.807) is 0 Å². The van der Waals surface area contributed by atoms with Gasteiger partial charge in [-0.05, 0) is 19.3 Å². The van der Waals surface area contributed by atoms with Crippen LogP contribution in [0.2, 0.25) is 0 Å². The van der Waals surface area contributed by atoms with Crippen LogP contribution in [-0.2, 0) is 22.9 Å². The number of phosphoric acid groups is 1. The number of unbranched alkanes of at least 4 members (excludes halogenated alkanes) is 11. The number of rotatable bonds is 23. The van der Waals surface area contributed by atoms with Crippen molar-refractivity contribution in [3.63, 3.8) is 0 Å². The van der Waals surface area contributed by atoms with Crippen molar-refractivity contribution >= 4 is 7.82 Å². The molecule has 0 aliphatic rings. The minimum atomic E-state index is -3.48. The second kappa shape index (κ2) is 21.8. The summed E-state index contributed by atoms with van der Waals surface area (Å²) >= 11 is 0. The summed E-state index contributed by atoms with van der Waals surface area (Å²) < 4.78 is 34.9. The molecule has 0 fully saturated rings. The van der Waals surface area contributed by atoms with Crippen LogP contribution in [0.5, 0.6) is 0 Å². The highest BCUT2D eigenvalue weighted by Crippen LogP contribution is 2.49. The first kappa shape index (κ1) is 28.1. The fourth-order valence-corrected chi connectivity index (χ4v) is 4.01. The van der Waals surface area contributed by atoms with Crippen molar-refractivity contribution in [3.8, 4) is 0 Å². The molecule has 0 aromatic carbocycles.